The lowest BCUT2D eigenvalue weighted by atomic mass is 10.2. The minimum atomic E-state index is -3.79. The van der Waals surface area contributed by atoms with Crippen molar-refractivity contribution in [2.24, 2.45) is 0 Å². The van der Waals surface area contributed by atoms with Gasteiger partial charge in [-0.3, -0.25) is 9.69 Å². The molecule has 1 aromatic carbocycles. The molecule has 0 bridgehead atoms. The summed E-state index contributed by atoms with van der Waals surface area (Å²) < 4.78 is 38.0. The van der Waals surface area contributed by atoms with Crippen molar-refractivity contribution < 1.29 is 22.7 Å². The largest absolute Gasteiger partial charge is 0.379 e. The lowest BCUT2D eigenvalue weighted by Gasteiger charge is -2.34. The number of carbonyl (C=O) groups is 1. The molecule has 1 atom stereocenters. The van der Waals surface area contributed by atoms with Gasteiger partial charge >= 0.3 is 0 Å². The molecule has 156 valence electrons. The van der Waals surface area contributed by atoms with Gasteiger partial charge in [0.1, 0.15) is 11.0 Å². The van der Waals surface area contributed by atoms with E-state index >= 15 is 0 Å². The predicted octanol–water partition coefficient (Wildman–Crippen LogP) is 0.520. The van der Waals surface area contributed by atoms with Crippen LogP contribution in [-0.4, -0.2) is 101 Å². The van der Waals surface area contributed by atoms with Crippen molar-refractivity contribution in [3.05, 3.63) is 29.3 Å². The molecule has 2 fully saturated rings. The van der Waals surface area contributed by atoms with Crippen molar-refractivity contribution in [1.29, 1.82) is 0 Å². The second kappa shape index (κ2) is 9.51. The molecule has 2 aliphatic heterocycles. The van der Waals surface area contributed by atoms with E-state index in [1.165, 1.54) is 16.4 Å². The molecule has 0 spiro atoms. The third kappa shape index (κ3) is 5.03. The van der Waals surface area contributed by atoms with E-state index in [2.05, 4.69) is 4.90 Å². The fraction of sp³-hybridized carbons (Fsp3) is 0.611. The van der Waals surface area contributed by atoms with Gasteiger partial charge in [-0.25, -0.2) is 8.42 Å². The van der Waals surface area contributed by atoms with Crippen LogP contribution in [0.1, 0.15) is 0 Å². The smallest absolute Gasteiger partial charge is 0.252 e. The van der Waals surface area contributed by atoms with Crippen LogP contribution in [0.15, 0.2) is 29.2 Å². The monoisotopic (exact) mass is 431 g/mol. The molecule has 0 saturated carbocycles. The maximum atomic E-state index is 12.9. The zero-order valence-electron chi connectivity index (χ0n) is 15.9. The molecule has 3 rings (SSSR count). The molecule has 2 aliphatic rings. The minimum Gasteiger partial charge on any atom is -0.379 e. The van der Waals surface area contributed by atoms with Crippen molar-refractivity contribution in [1.82, 2.24) is 14.1 Å². The van der Waals surface area contributed by atoms with E-state index in [1.54, 1.807) is 24.1 Å². The van der Waals surface area contributed by atoms with Crippen molar-refractivity contribution in [3.63, 3.8) is 0 Å². The number of likely N-dealkylation sites (N-methyl/N-ethyl adjacent to an activating group) is 1. The van der Waals surface area contributed by atoms with Crippen molar-refractivity contribution in [2.75, 3.05) is 66.1 Å². The minimum absolute atomic E-state index is 0.0196. The van der Waals surface area contributed by atoms with Gasteiger partial charge < -0.3 is 14.4 Å². The van der Waals surface area contributed by atoms with Crippen LogP contribution in [0.5, 0.6) is 0 Å². The Morgan fingerprint density at radius 1 is 1.21 bits per heavy atom. The van der Waals surface area contributed by atoms with Crippen LogP contribution < -0.4 is 0 Å². The zero-order valence-corrected chi connectivity index (χ0v) is 17.5. The fourth-order valence-corrected chi connectivity index (χ4v) is 5.18. The summed E-state index contributed by atoms with van der Waals surface area (Å²) in [5.74, 6) is -0.215. The van der Waals surface area contributed by atoms with Crippen molar-refractivity contribution >= 4 is 27.5 Å². The van der Waals surface area contributed by atoms with E-state index in [0.717, 1.165) is 19.6 Å². The lowest BCUT2D eigenvalue weighted by Crippen LogP contribution is -2.52. The molecule has 0 N–H and O–H groups in total. The first-order valence-electron chi connectivity index (χ1n) is 9.31. The molecule has 0 radical (unpaired) electrons. The third-order valence-corrected chi connectivity index (χ3v) is 7.36. The average molecular weight is 432 g/mol. The number of amides is 1. The Kier molecular flexibility index (Phi) is 7.30. The summed E-state index contributed by atoms with van der Waals surface area (Å²) in [6.45, 7) is 4.75. The van der Waals surface area contributed by atoms with Gasteiger partial charge in [-0.2, -0.15) is 4.31 Å². The highest BCUT2D eigenvalue weighted by Crippen LogP contribution is 2.25. The number of nitrogens with zero attached hydrogens (tertiary/aromatic N) is 3. The number of hydrogen-bond acceptors (Lipinski definition) is 6. The summed E-state index contributed by atoms with van der Waals surface area (Å²) in [5.41, 5.74) is 0. The Hall–Kier alpha value is -1.23. The van der Waals surface area contributed by atoms with Crippen LogP contribution >= 0.6 is 11.6 Å². The average Bonchev–Trinajstić information content (AvgIpc) is 2.72. The lowest BCUT2D eigenvalue weighted by molar-refractivity contribution is -0.146. The van der Waals surface area contributed by atoms with Crippen LogP contribution in [-0.2, 0) is 24.3 Å². The number of ether oxygens (including phenoxy) is 2. The highest BCUT2D eigenvalue weighted by atomic mass is 35.5. The topological polar surface area (TPSA) is 79.4 Å². The summed E-state index contributed by atoms with van der Waals surface area (Å²) in [7, 11) is -2.07. The first kappa shape index (κ1) is 21.5. The Labute approximate surface area is 171 Å². The normalized spacial score (nSPS) is 22.1. The number of carbonyl (C=O) groups excluding carboxylic acids is 1. The molecule has 0 aliphatic carbocycles. The standard InChI is InChI=1S/C18H26ClN3O5S/c1-20(6-7-21-8-11-26-12-9-21)18(23)16-14-22(10-13-27-16)28(24,25)17-5-3-2-4-15(17)19/h2-5,16H,6-14H2,1H3. The highest BCUT2D eigenvalue weighted by molar-refractivity contribution is 7.89. The van der Waals surface area contributed by atoms with E-state index in [1.807, 2.05) is 0 Å². The van der Waals surface area contributed by atoms with Crippen LogP contribution in [0, 0.1) is 0 Å². The molecule has 0 aromatic heterocycles. The van der Waals surface area contributed by atoms with Gasteiger partial charge in [0.15, 0.2) is 0 Å². The van der Waals surface area contributed by atoms with Gasteiger partial charge in [-0.15, -0.1) is 0 Å². The second-order valence-corrected chi connectivity index (χ2v) is 9.18. The maximum absolute atomic E-state index is 12.9. The summed E-state index contributed by atoms with van der Waals surface area (Å²) >= 11 is 6.07. The van der Waals surface area contributed by atoms with Crippen molar-refractivity contribution in [3.8, 4) is 0 Å². The summed E-state index contributed by atoms with van der Waals surface area (Å²) in [6, 6.07) is 6.31. The summed E-state index contributed by atoms with van der Waals surface area (Å²) in [5, 5.41) is 0.166. The SMILES string of the molecule is CN(CCN1CCOCC1)C(=O)C1CN(S(=O)(=O)c2ccccc2Cl)CCO1. The van der Waals surface area contributed by atoms with Gasteiger partial charge in [0.2, 0.25) is 10.0 Å². The number of morpholine rings is 2. The molecule has 1 aromatic rings. The van der Waals surface area contributed by atoms with E-state index < -0.39 is 16.1 Å². The maximum Gasteiger partial charge on any atom is 0.252 e. The molecule has 10 heteroatoms. The Morgan fingerprint density at radius 3 is 2.64 bits per heavy atom. The molecule has 8 nitrogen and oxygen atoms in total. The zero-order chi connectivity index (χ0) is 20.1. The molecule has 1 amide bonds. The third-order valence-electron chi connectivity index (χ3n) is 4.99. The van der Waals surface area contributed by atoms with Crippen LogP contribution in [0.4, 0.5) is 0 Å². The summed E-state index contributed by atoms with van der Waals surface area (Å²) in [6.07, 6.45) is -0.819. The van der Waals surface area contributed by atoms with Gasteiger partial charge in [-0.05, 0) is 12.1 Å². The molecule has 2 heterocycles. The number of halogens is 1. The molecule has 1 unspecified atom stereocenters. The molecular weight excluding hydrogens is 406 g/mol. The molecule has 2 saturated heterocycles. The van der Waals surface area contributed by atoms with Gasteiger partial charge in [-0.1, -0.05) is 23.7 Å². The Bertz CT molecular complexity index is 785. The summed E-state index contributed by atoms with van der Waals surface area (Å²) in [4.78, 5) is 16.6. The number of benzene rings is 1. The Balaban J connectivity index is 1.60. The number of hydrogen-bond donors (Lipinski definition) is 0. The number of sulfonamides is 1. The van der Waals surface area contributed by atoms with Crippen molar-refractivity contribution in [2.45, 2.75) is 11.0 Å². The predicted molar refractivity (Wildman–Crippen MR) is 105 cm³/mol. The van der Waals surface area contributed by atoms with Crippen LogP contribution in [0.3, 0.4) is 0 Å². The van der Waals surface area contributed by atoms with Crippen LogP contribution in [0.2, 0.25) is 5.02 Å². The van der Waals surface area contributed by atoms with E-state index in [0.29, 0.717) is 19.8 Å². The second-order valence-electron chi connectivity index (χ2n) is 6.87. The molecular formula is C18H26ClN3O5S. The fourth-order valence-electron chi connectivity index (χ4n) is 3.26. The first-order valence-corrected chi connectivity index (χ1v) is 11.1. The van der Waals surface area contributed by atoms with Crippen LogP contribution in [0.25, 0.3) is 0 Å². The first-order chi connectivity index (χ1) is 13.4. The van der Waals surface area contributed by atoms with Gasteiger partial charge in [0.05, 0.1) is 24.8 Å². The Morgan fingerprint density at radius 2 is 1.93 bits per heavy atom. The quantitative estimate of drug-likeness (QED) is 0.653. The van der Waals surface area contributed by atoms with E-state index in [4.69, 9.17) is 21.1 Å². The van der Waals surface area contributed by atoms with Gasteiger partial charge in [0.25, 0.3) is 5.91 Å². The van der Waals surface area contributed by atoms with E-state index in [9.17, 15) is 13.2 Å². The highest BCUT2D eigenvalue weighted by Gasteiger charge is 2.36. The van der Waals surface area contributed by atoms with Gasteiger partial charge in [0, 0.05) is 46.3 Å². The van der Waals surface area contributed by atoms with E-state index in [-0.39, 0.29) is 35.5 Å². The number of rotatable bonds is 6. The molecule has 28 heavy (non-hydrogen) atoms.